The highest BCUT2D eigenvalue weighted by Gasteiger charge is 1.99. The van der Waals surface area contributed by atoms with E-state index < -0.39 is 0 Å². The fourth-order valence-electron chi connectivity index (χ4n) is 1.06. The molecule has 0 fully saturated rings. The standard InChI is InChI=1S/C11H8INO.Mg.2H/c12-10-3-1-2-4-11(10)14-9-5-7-13-8-6-9;;;/h1-8H;;;. The van der Waals surface area contributed by atoms with Crippen LogP contribution in [-0.2, 0) is 0 Å². The number of benzene rings is 1. The second kappa shape index (κ2) is 6.29. The summed E-state index contributed by atoms with van der Waals surface area (Å²) in [6.45, 7) is 0. The molecular formula is C11H10IMgNO. The molecule has 0 saturated carbocycles. The van der Waals surface area contributed by atoms with Crippen molar-refractivity contribution in [3.63, 3.8) is 0 Å². The number of hydrogen-bond acceptors (Lipinski definition) is 2. The first kappa shape index (κ1) is 12.7. The summed E-state index contributed by atoms with van der Waals surface area (Å²) in [5.41, 5.74) is 0. The number of nitrogens with zero attached hydrogens (tertiary/aromatic N) is 1. The SMILES string of the molecule is Ic1ccccc1Oc1ccncc1.[MgH2]. The third kappa shape index (κ3) is 3.62. The van der Waals surface area contributed by atoms with Crippen molar-refractivity contribution in [3.05, 3.63) is 52.4 Å². The normalized spacial score (nSPS) is 9.13. The molecule has 0 atom stereocenters. The minimum Gasteiger partial charge on any atom is -0.456 e. The summed E-state index contributed by atoms with van der Waals surface area (Å²) in [5.74, 6) is 1.68. The second-order valence-corrected chi connectivity index (χ2v) is 3.88. The molecule has 74 valence electrons. The van der Waals surface area contributed by atoms with E-state index >= 15 is 0 Å². The Morgan fingerprint density at radius 1 is 1.00 bits per heavy atom. The Hall–Kier alpha value is -0.334. The maximum absolute atomic E-state index is 5.66. The zero-order valence-corrected chi connectivity index (χ0v) is 9.51. The van der Waals surface area contributed by atoms with Crippen molar-refractivity contribution >= 4 is 45.6 Å². The quantitative estimate of drug-likeness (QED) is 0.626. The van der Waals surface area contributed by atoms with Crippen LogP contribution in [0.15, 0.2) is 48.8 Å². The summed E-state index contributed by atoms with van der Waals surface area (Å²) < 4.78 is 6.76. The van der Waals surface area contributed by atoms with Gasteiger partial charge in [0.1, 0.15) is 11.5 Å². The molecule has 0 spiro atoms. The zero-order valence-electron chi connectivity index (χ0n) is 7.35. The van der Waals surface area contributed by atoms with Crippen LogP contribution in [0.5, 0.6) is 11.5 Å². The van der Waals surface area contributed by atoms with Crippen molar-refractivity contribution in [1.82, 2.24) is 4.98 Å². The minimum absolute atomic E-state index is 0. The number of ether oxygens (including phenoxy) is 1. The van der Waals surface area contributed by atoms with E-state index in [9.17, 15) is 0 Å². The lowest BCUT2D eigenvalue weighted by atomic mass is 10.3. The Morgan fingerprint density at radius 2 is 1.67 bits per heavy atom. The van der Waals surface area contributed by atoms with E-state index in [0.717, 1.165) is 15.1 Å². The molecule has 1 heterocycles. The number of aromatic nitrogens is 1. The van der Waals surface area contributed by atoms with Crippen LogP contribution in [-0.4, -0.2) is 28.0 Å². The molecule has 0 aliphatic carbocycles. The van der Waals surface area contributed by atoms with Crippen LogP contribution in [0.2, 0.25) is 0 Å². The molecule has 0 aliphatic heterocycles. The van der Waals surface area contributed by atoms with Crippen molar-refractivity contribution in [1.29, 1.82) is 0 Å². The Bertz CT molecular complexity index is 422. The first-order chi connectivity index (χ1) is 6.86. The monoisotopic (exact) mass is 323 g/mol. The lowest BCUT2D eigenvalue weighted by molar-refractivity contribution is 0.478. The van der Waals surface area contributed by atoms with Gasteiger partial charge < -0.3 is 4.74 Å². The molecule has 0 aliphatic rings. The molecule has 1 aromatic carbocycles. The van der Waals surface area contributed by atoms with E-state index in [2.05, 4.69) is 27.6 Å². The Labute approximate surface area is 118 Å². The highest BCUT2D eigenvalue weighted by molar-refractivity contribution is 14.1. The fraction of sp³-hybridized carbons (Fsp3) is 0. The maximum Gasteiger partial charge on any atom is 0.316 e. The predicted molar refractivity (Wildman–Crippen MR) is 72.0 cm³/mol. The van der Waals surface area contributed by atoms with Gasteiger partial charge in [0.05, 0.1) is 3.57 Å². The van der Waals surface area contributed by atoms with Gasteiger partial charge in [0.25, 0.3) is 0 Å². The zero-order chi connectivity index (χ0) is 9.80. The van der Waals surface area contributed by atoms with Gasteiger partial charge in [0, 0.05) is 12.4 Å². The van der Waals surface area contributed by atoms with Crippen molar-refractivity contribution in [3.8, 4) is 11.5 Å². The average molecular weight is 323 g/mol. The lowest BCUT2D eigenvalue weighted by Gasteiger charge is -2.06. The van der Waals surface area contributed by atoms with Crippen molar-refractivity contribution in [2.24, 2.45) is 0 Å². The van der Waals surface area contributed by atoms with Crippen LogP contribution in [0.3, 0.4) is 0 Å². The summed E-state index contributed by atoms with van der Waals surface area (Å²) >= 11 is 2.25. The highest BCUT2D eigenvalue weighted by atomic mass is 127. The molecule has 0 saturated heterocycles. The molecule has 0 N–H and O–H groups in total. The van der Waals surface area contributed by atoms with E-state index in [1.165, 1.54) is 0 Å². The number of halogens is 1. The average Bonchev–Trinajstić information content (AvgIpc) is 2.23. The molecule has 4 heteroatoms. The van der Waals surface area contributed by atoms with Crippen molar-refractivity contribution in [2.45, 2.75) is 0 Å². The van der Waals surface area contributed by atoms with Gasteiger partial charge >= 0.3 is 23.1 Å². The second-order valence-electron chi connectivity index (χ2n) is 2.72. The first-order valence-electron chi connectivity index (χ1n) is 4.18. The van der Waals surface area contributed by atoms with E-state index in [-0.39, 0.29) is 23.1 Å². The van der Waals surface area contributed by atoms with Gasteiger partial charge in [-0.05, 0) is 46.9 Å². The highest BCUT2D eigenvalue weighted by Crippen LogP contribution is 2.25. The number of hydrogen-bond donors (Lipinski definition) is 0. The molecule has 2 rings (SSSR count). The molecule has 0 unspecified atom stereocenters. The number of rotatable bonds is 2. The number of para-hydroxylation sites is 1. The van der Waals surface area contributed by atoms with Crippen LogP contribution in [0, 0.1) is 3.57 Å². The van der Waals surface area contributed by atoms with E-state index in [4.69, 9.17) is 4.74 Å². The largest absolute Gasteiger partial charge is 0.456 e. The maximum atomic E-state index is 5.66. The van der Waals surface area contributed by atoms with Gasteiger partial charge in [-0.25, -0.2) is 0 Å². The summed E-state index contributed by atoms with van der Waals surface area (Å²) in [6, 6.07) is 11.6. The fourth-order valence-corrected chi connectivity index (χ4v) is 1.56. The van der Waals surface area contributed by atoms with Crippen molar-refractivity contribution in [2.75, 3.05) is 0 Å². The lowest BCUT2D eigenvalue weighted by Crippen LogP contribution is -1.86. The first-order valence-corrected chi connectivity index (χ1v) is 5.26. The molecule has 1 aromatic heterocycles. The minimum atomic E-state index is 0. The topological polar surface area (TPSA) is 22.1 Å². The summed E-state index contributed by atoms with van der Waals surface area (Å²) in [4.78, 5) is 3.93. The summed E-state index contributed by atoms with van der Waals surface area (Å²) in [5, 5.41) is 0. The van der Waals surface area contributed by atoms with Crippen LogP contribution in [0.25, 0.3) is 0 Å². The van der Waals surface area contributed by atoms with Crippen LogP contribution in [0.4, 0.5) is 0 Å². The van der Waals surface area contributed by atoms with E-state index in [1.54, 1.807) is 12.4 Å². The van der Waals surface area contributed by atoms with Gasteiger partial charge in [0.15, 0.2) is 0 Å². The molecule has 2 nitrogen and oxygen atoms in total. The van der Waals surface area contributed by atoms with Gasteiger partial charge in [-0.15, -0.1) is 0 Å². The van der Waals surface area contributed by atoms with E-state index in [1.807, 2.05) is 36.4 Å². The third-order valence-corrected chi connectivity index (χ3v) is 2.61. The smallest absolute Gasteiger partial charge is 0.316 e. The van der Waals surface area contributed by atoms with Crippen LogP contribution in [0.1, 0.15) is 0 Å². The molecule has 0 bridgehead atoms. The Morgan fingerprint density at radius 3 is 2.33 bits per heavy atom. The van der Waals surface area contributed by atoms with Crippen LogP contribution < -0.4 is 4.74 Å². The third-order valence-electron chi connectivity index (χ3n) is 1.71. The predicted octanol–water partition coefficient (Wildman–Crippen LogP) is 2.56. The number of pyridine rings is 1. The van der Waals surface area contributed by atoms with Crippen LogP contribution >= 0.6 is 22.6 Å². The van der Waals surface area contributed by atoms with E-state index in [0.29, 0.717) is 0 Å². The molecule has 15 heavy (non-hydrogen) atoms. The van der Waals surface area contributed by atoms with Gasteiger partial charge in [-0.1, -0.05) is 12.1 Å². The molecule has 0 radical (unpaired) electrons. The molecule has 2 aromatic rings. The van der Waals surface area contributed by atoms with Crippen molar-refractivity contribution < 1.29 is 4.74 Å². The Balaban J connectivity index is 0.00000112. The molecule has 0 amide bonds. The molecular weight excluding hydrogens is 313 g/mol. The Kier molecular flexibility index (Phi) is 5.34. The van der Waals surface area contributed by atoms with Gasteiger partial charge in [-0.2, -0.15) is 0 Å². The van der Waals surface area contributed by atoms with Gasteiger partial charge in [-0.3, -0.25) is 4.98 Å². The summed E-state index contributed by atoms with van der Waals surface area (Å²) in [6.07, 6.45) is 3.43. The van der Waals surface area contributed by atoms with Gasteiger partial charge in [0.2, 0.25) is 0 Å². The summed E-state index contributed by atoms with van der Waals surface area (Å²) in [7, 11) is 0.